The predicted octanol–water partition coefficient (Wildman–Crippen LogP) is 1.44. The van der Waals surface area contributed by atoms with Crippen LogP contribution in [0.15, 0.2) is 0 Å². The molecular formula is C11H16O4. The number of fused-ring (bicyclic) bond motifs is 1. The van der Waals surface area contributed by atoms with E-state index in [1.165, 1.54) is 0 Å². The first-order valence-corrected chi connectivity index (χ1v) is 5.50. The zero-order valence-electron chi connectivity index (χ0n) is 8.81. The number of hydrogen-bond acceptors (Lipinski definition) is 3. The number of rotatable bonds is 2. The largest absolute Gasteiger partial charge is 0.481 e. The van der Waals surface area contributed by atoms with Crippen LogP contribution in [0.5, 0.6) is 0 Å². The smallest absolute Gasteiger partial charge is 0.310 e. The molecule has 0 unspecified atom stereocenters. The molecule has 1 saturated heterocycles. The summed E-state index contributed by atoms with van der Waals surface area (Å²) in [6.45, 7) is 2.15. The van der Waals surface area contributed by atoms with Crippen molar-refractivity contribution in [3.63, 3.8) is 0 Å². The first-order valence-electron chi connectivity index (χ1n) is 5.50. The van der Waals surface area contributed by atoms with E-state index in [-0.39, 0.29) is 24.4 Å². The van der Waals surface area contributed by atoms with Crippen molar-refractivity contribution < 1.29 is 19.4 Å². The summed E-state index contributed by atoms with van der Waals surface area (Å²) in [5, 5.41) is 8.73. The number of carbonyl (C=O) groups is 2. The second-order valence-electron chi connectivity index (χ2n) is 4.76. The molecular weight excluding hydrogens is 196 g/mol. The van der Waals surface area contributed by atoms with Crippen molar-refractivity contribution in [2.75, 3.05) is 0 Å². The van der Waals surface area contributed by atoms with Crippen molar-refractivity contribution in [2.45, 2.75) is 38.7 Å². The average molecular weight is 212 g/mol. The van der Waals surface area contributed by atoms with Gasteiger partial charge < -0.3 is 9.84 Å². The molecule has 1 aliphatic carbocycles. The molecule has 0 aromatic rings. The van der Waals surface area contributed by atoms with E-state index < -0.39 is 11.9 Å². The zero-order chi connectivity index (χ0) is 11.0. The number of hydrogen-bond donors (Lipinski definition) is 1. The average Bonchev–Trinajstić information content (AvgIpc) is 2.41. The van der Waals surface area contributed by atoms with Gasteiger partial charge in [0.2, 0.25) is 0 Å². The highest BCUT2D eigenvalue weighted by Gasteiger charge is 2.47. The SMILES string of the molecule is C[C@@H]1CC[C@@H]2[C@H](C1)OC(=O)[C@@H]2CC(=O)O. The molecule has 2 fully saturated rings. The van der Waals surface area contributed by atoms with E-state index in [0.29, 0.717) is 5.92 Å². The summed E-state index contributed by atoms with van der Waals surface area (Å²) < 4.78 is 5.25. The maximum atomic E-state index is 11.5. The van der Waals surface area contributed by atoms with E-state index in [2.05, 4.69) is 6.92 Å². The Kier molecular flexibility index (Phi) is 2.67. The predicted molar refractivity (Wildman–Crippen MR) is 52.1 cm³/mol. The van der Waals surface area contributed by atoms with Crippen LogP contribution in [-0.4, -0.2) is 23.1 Å². The second kappa shape index (κ2) is 3.83. The highest BCUT2D eigenvalue weighted by Crippen LogP contribution is 2.42. The first kappa shape index (κ1) is 10.5. The van der Waals surface area contributed by atoms with E-state index in [4.69, 9.17) is 9.84 Å². The molecule has 0 aromatic carbocycles. The van der Waals surface area contributed by atoms with Gasteiger partial charge in [0, 0.05) is 5.92 Å². The molecule has 1 saturated carbocycles. The second-order valence-corrected chi connectivity index (χ2v) is 4.76. The lowest BCUT2D eigenvalue weighted by molar-refractivity contribution is -0.148. The molecule has 2 rings (SSSR count). The molecule has 2 aliphatic rings. The molecule has 1 heterocycles. The highest BCUT2D eigenvalue weighted by atomic mass is 16.6. The number of carbonyl (C=O) groups excluding carboxylic acids is 1. The van der Waals surface area contributed by atoms with E-state index >= 15 is 0 Å². The normalized spacial score (nSPS) is 39.7. The molecule has 1 N–H and O–H groups in total. The maximum absolute atomic E-state index is 11.5. The molecule has 84 valence electrons. The monoisotopic (exact) mass is 212 g/mol. The summed E-state index contributed by atoms with van der Waals surface area (Å²) in [6.07, 6.45) is 2.80. The molecule has 0 amide bonds. The van der Waals surface area contributed by atoms with Crippen LogP contribution < -0.4 is 0 Å². The fourth-order valence-corrected chi connectivity index (χ4v) is 2.78. The van der Waals surface area contributed by atoms with Gasteiger partial charge in [-0.3, -0.25) is 9.59 Å². The lowest BCUT2D eigenvalue weighted by atomic mass is 9.75. The lowest BCUT2D eigenvalue weighted by Gasteiger charge is -2.29. The molecule has 0 spiro atoms. The number of aliphatic carboxylic acids is 1. The van der Waals surface area contributed by atoms with Gasteiger partial charge >= 0.3 is 11.9 Å². The topological polar surface area (TPSA) is 63.6 Å². The molecule has 15 heavy (non-hydrogen) atoms. The van der Waals surface area contributed by atoms with Gasteiger partial charge in [-0.15, -0.1) is 0 Å². The van der Waals surface area contributed by atoms with Crippen molar-refractivity contribution in [3.05, 3.63) is 0 Å². The molecule has 4 heteroatoms. The molecule has 4 atom stereocenters. The number of carboxylic acid groups (broad SMARTS) is 1. The van der Waals surface area contributed by atoms with Gasteiger partial charge in [-0.05, 0) is 18.8 Å². The van der Waals surface area contributed by atoms with Crippen molar-refractivity contribution in [3.8, 4) is 0 Å². The van der Waals surface area contributed by atoms with Gasteiger partial charge in [0.1, 0.15) is 6.10 Å². The van der Waals surface area contributed by atoms with Crippen LogP contribution in [0.25, 0.3) is 0 Å². The van der Waals surface area contributed by atoms with Gasteiger partial charge in [-0.25, -0.2) is 0 Å². The van der Waals surface area contributed by atoms with Gasteiger partial charge in [-0.1, -0.05) is 13.3 Å². The van der Waals surface area contributed by atoms with Gasteiger partial charge in [-0.2, -0.15) is 0 Å². The van der Waals surface area contributed by atoms with E-state index in [9.17, 15) is 9.59 Å². The number of esters is 1. The highest BCUT2D eigenvalue weighted by molar-refractivity contribution is 5.81. The summed E-state index contributed by atoms with van der Waals surface area (Å²) in [5.74, 6) is -0.884. The molecule has 0 bridgehead atoms. The fraction of sp³-hybridized carbons (Fsp3) is 0.818. The standard InChI is InChI=1S/C11H16O4/c1-6-2-3-7-8(5-10(12)13)11(14)15-9(7)4-6/h6-9H,2-5H2,1H3,(H,12,13)/t6-,7+,8-,9+/m1/s1. The summed E-state index contributed by atoms with van der Waals surface area (Å²) in [5.41, 5.74) is 0. The van der Waals surface area contributed by atoms with E-state index in [0.717, 1.165) is 19.3 Å². The summed E-state index contributed by atoms with van der Waals surface area (Å²) >= 11 is 0. The molecule has 1 aliphatic heterocycles. The fourth-order valence-electron chi connectivity index (χ4n) is 2.78. The van der Waals surface area contributed by atoms with E-state index in [1.807, 2.05) is 0 Å². The Labute approximate surface area is 88.6 Å². The van der Waals surface area contributed by atoms with Crippen LogP contribution in [0.2, 0.25) is 0 Å². The zero-order valence-corrected chi connectivity index (χ0v) is 8.81. The van der Waals surface area contributed by atoms with Gasteiger partial charge in [0.15, 0.2) is 0 Å². The Morgan fingerprint density at radius 2 is 2.27 bits per heavy atom. The first-order chi connectivity index (χ1) is 7.08. The van der Waals surface area contributed by atoms with E-state index in [1.54, 1.807) is 0 Å². The van der Waals surface area contributed by atoms with Crippen molar-refractivity contribution in [2.24, 2.45) is 17.8 Å². The van der Waals surface area contributed by atoms with Crippen molar-refractivity contribution in [1.82, 2.24) is 0 Å². The molecule has 0 aromatic heterocycles. The Bertz CT molecular complexity index is 286. The van der Waals surface area contributed by atoms with Crippen LogP contribution in [-0.2, 0) is 14.3 Å². The summed E-state index contributed by atoms with van der Waals surface area (Å²) in [6, 6.07) is 0. The third kappa shape index (κ3) is 1.98. The van der Waals surface area contributed by atoms with Crippen LogP contribution in [0.1, 0.15) is 32.6 Å². The summed E-state index contributed by atoms with van der Waals surface area (Å²) in [7, 11) is 0. The maximum Gasteiger partial charge on any atom is 0.310 e. The lowest BCUT2D eigenvalue weighted by Crippen LogP contribution is -2.29. The quantitative estimate of drug-likeness (QED) is 0.703. The third-order valence-corrected chi connectivity index (χ3v) is 3.59. The third-order valence-electron chi connectivity index (χ3n) is 3.59. The van der Waals surface area contributed by atoms with Crippen molar-refractivity contribution in [1.29, 1.82) is 0 Å². The molecule has 4 nitrogen and oxygen atoms in total. The van der Waals surface area contributed by atoms with Crippen molar-refractivity contribution >= 4 is 11.9 Å². The Hall–Kier alpha value is -1.06. The Morgan fingerprint density at radius 1 is 1.53 bits per heavy atom. The minimum absolute atomic E-state index is 0.0226. The van der Waals surface area contributed by atoms with Crippen LogP contribution in [0.3, 0.4) is 0 Å². The van der Waals surface area contributed by atoms with Crippen LogP contribution in [0, 0.1) is 17.8 Å². The molecule has 0 radical (unpaired) electrons. The summed E-state index contributed by atoms with van der Waals surface area (Å²) in [4.78, 5) is 22.1. The number of ether oxygens (including phenoxy) is 1. The van der Waals surface area contributed by atoms with Crippen LogP contribution in [0.4, 0.5) is 0 Å². The minimum atomic E-state index is -0.906. The van der Waals surface area contributed by atoms with Crippen LogP contribution >= 0.6 is 0 Å². The Morgan fingerprint density at radius 3 is 2.93 bits per heavy atom. The minimum Gasteiger partial charge on any atom is -0.481 e. The van der Waals surface area contributed by atoms with Gasteiger partial charge in [0.05, 0.1) is 12.3 Å². The Balaban J connectivity index is 2.07. The van der Waals surface area contributed by atoms with Gasteiger partial charge in [0.25, 0.3) is 0 Å². The number of carboxylic acids is 1.